The van der Waals surface area contributed by atoms with Crippen molar-refractivity contribution >= 4 is 23.6 Å². The lowest BCUT2D eigenvalue weighted by Crippen LogP contribution is -2.05. The lowest BCUT2D eigenvalue weighted by molar-refractivity contribution is 0.432. The van der Waals surface area contributed by atoms with E-state index in [0.29, 0.717) is 5.69 Å². The highest BCUT2D eigenvalue weighted by molar-refractivity contribution is 6.21. The largest absolute Gasteiger partial charge is 0.493 e. The Morgan fingerprint density at radius 1 is 1.12 bits per heavy atom. The van der Waals surface area contributed by atoms with Crippen LogP contribution in [0.1, 0.15) is 16.7 Å². The first-order valence-corrected chi connectivity index (χ1v) is 7.60. The van der Waals surface area contributed by atoms with E-state index in [9.17, 15) is 9.90 Å². The number of aromatic amines is 1. The monoisotopic (exact) mass is 317 g/mol. The third-order valence-corrected chi connectivity index (χ3v) is 4.06. The number of rotatable bonds is 2. The molecular formula is C19H15N3O2. The molecule has 2 N–H and O–H groups in total. The van der Waals surface area contributed by atoms with Crippen LogP contribution in [0.15, 0.2) is 58.3 Å². The summed E-state index contributed by atoms with van der Waals surface area (Å²) in [7, 11) is 0. The summed E-state index contributed by atoms with van der Waals surface area (Å²) in [5.74, 6) is -0.117. The average Bonchev–Trinajstić information content (AvgIpc) is 3.12. The topological polar surface area (TPSA) is 70.4 Å². The molecule has 1 aromatic heterocycles. The van der Waals surface area contributed by atoms with Gasteiger partial charge in [-0.1, -0.05) is 35.9 Å². The molecular weight excluding hydrogens is 302 g/mol. The number of nitrogens with zero attached hydrogens (tertiary/aromatic N) is 2. The Balaban J connectivity index is 1.81. The highest BCUT2D eigenvalue weighted by Crippen LogP contribution is 2.33. The molecule has 0 atom stereocenters. The van der Waals surface area contributed by atoms with E-state index in [0.717, 1.165) is 22.4 Å². The number of fused-ring (bicyclic) bond motifs is 1. The van der Waals surface area contributed by atoms with Crippen molar-refractivity contribution in [1.82, 2.24) is 9.78 Å². The summed E-state index contributed by atoms with van der Waals surface area (Å²) in [4.78, 5) is 16.6. The fourth-order valence-corrected chi connectivity index (χ4v) is 2.76. The van der Waals surface area contributed by atoms with E-state index in [4.69, 9.17) is 0 Å². The molecule has 0 aliphatic carbocycles. The molecule has 0 fully saturated rings. The molecule has 24 heavy (non-hydrogen) atoms. The Morgan fingerprint density at radius 2 is 1.88 bits per heavy atom. The van der Waals surface area contributed by atoms with Gasteiger partial charge in [0.15, 0.2) is 0 Å². The van der Waals surface area contributed by atoms with Crippen LogP contribution in [-0.4, -0.2) is 21.1 Å². The number of aliphatic imine (C=N–C) groups is 1. The SMILES string of the molecule is Cc1ccc(-n2[nH]c(=O)c(/C=C3\C=Nc4ccccc43)c2O)cc1. The van der Waals surface area contributed by atoms with Crippen molar-refractivity contribution in [1.29, 1.82) is 0 Å². The second kappa shape index (κ2) is 5.38. The zero-order valence-corrected chi connectivity index (χ0v) is 13.0. The van der Waals surface area contributed by atoms with Crippen LogP contribution in [0, 0.1) is 6.92 Å². The van der Waals surface area contributed by atoms with Crippen molar-refractivity contribution in [3.63, 3.8) is 0 Å². The van der Waals surface area contributed by atoms with E-state index >= 15 is 0 Å². The molecule has 2 heterocycles. The third kappa shape index (κ3) is 2.27. The second-order valence-corrected chi connectivity index (χ2v) is 5.72. The third-order valence-electron chi connectivity index (χ3n) is 4.06. The van der Waals surface area contributed by atoms with Gasteiger partial charge in [-0.05, 0) is 31.2 Å². The predicted octanol–water partition coefficient (Wildman–Crippen LogP) is 3.44. The van der Waals surface area contributed by atoms with E-state index in [1.807, 2.05) is 55.5 Å². The number of hydrogen-bond acceptors (Lipinski definition) is 3. The van der Waals surface area contributed by atoms with Crippen LogP contribution < -0.4 is 5.56 Å². The summed E-state index contributed by atoms with van der Waals surface area (Å²) in [6.45, 7) is 1.98. The molecule has 1 aliphatic heterocycles. The maximum atomic E-state index is 12.3. The van der Waals surface area contributed by atoms with E-state index in [2.05, 4.69) is 10.1 Å². The molecule has 4 rings (SSSR count). The van der Waals surface area contributed by atoms with Crippen LogP contribution in [0.2, 0.25) is 0 Å². The van der Waals surface area contributed by atoms with Gasteiger partial charge in [0, 0.05) is 17.4 Å². The average molecular weight is 317 g/mol. The number of para-hydroxylation sites is 1. The van der Waals surface area contributed by atoms with Crippen molar-refractivity contribution in [2.24, 2.45) is 4.99 Å². The number of aromatic hydroxyl groups is 1. The van der Waals surface area contributed by atoms with E-state index in [1.165, 1.54) is 4.68 Å². The van der Waals surface area contributed by atoms with Crippen LogP contribution in [-0.2, 0) is 0 Å². The minimum atomic E-state index is -0.349. The van der Waals surface area contributed by atoms with E-state index < -0.39 is 0 Å². The Labute approximate surface area is 138 Å². The number of aryl methyl sites for hydroxylation is 1. The summed E-state index contributed by atoms with van der Waals surface area (Å²) in [6.07, 6.45) is 3.36. The standard InChI is InChI=1S/C19H15N3O2/c1-12-6-8-14(9-7-12)22-19(24)16(18(23)21-22)10-13-11-20-17-5-3-2-4-15(13)17/h2-11,24H,1H3,(H,21,23)/b13-10+. The summed E-state index contributed by atoms with van der Waals surface area (Å²) in [5, 5.41) is 13.2. The number of hydrogen-bond donors (Lipinski definition) is 2. The molecule has 5 nitrogen and oxygen atoms in total. The smallest absolute Gasteiger partial charge is 0.275 e. The van der Waals surface area contributed by atoms with E-state index in [1.54, 1.807) is 12.3 Å². The van der Waals surface area contributed by atoms with Crippen molar-refractivity contribution < 1.29 is 5.11 Å². The zero-order valence-electron chi connectivity index (χ0n) is 13.0. The molecule has 1 aliphatic rings. The van der Waals surface area contributed by atoms with Gasteiger partial charge in [0.2, 0.25) is 5.88 Å². The first kappa shape index (κ1) is 14.3. The van der Waals surface area contributed by atoms with Crippen LogP contribution in [0.4, 0.5) is 5.69 Å². The molecule has 0 unspecified atom stereocenters. The summed E-state index contributed by atoms with van der Waals surface area (Å²) >= 11 is 0. The molecule has 0 radical (unpaired) electrons. The molecule has 118 valence electrons. The normalized spacial score (nSPS) is 14.3. The van der Waals surface area contributed by atoms with Gasteiger partial charge in [0.05, 0.1) is 11.4 Å². The number of aromatic nitrogens is 2. The minimum absolute atomic E-state index is 0.117. The lowest BCUT2D eigenvalue weighted by Gasteiger charge is -2.04. The van der Waals surface area contributed by atoms with Gasteiger partial charge in [0.1, 0.15) is 5.56 Å². The Kier molecular flexibility index (Phi) is 3.20. The fourth-order valence-electron chi connectivity index (χ4n) is 2.76. The summed E-state index contributed by atoms with van der Waals surface area (Å²) in [5.41, 5.74) is 4.27. The van der Waals surface area contributed by atoms with Crippen LogP contribution in [0.25, 0.3) is 17.3 Å². The Hall–Kier alpha value is -3.34. The number of H-pyrrole nitrogens is 1. The van der Waals surface area contributed by atoms with Gasteiger partial charge in [-0.25, -0.2) is 4.68 Å². The number of nitrogens with one attached hydrogen (secondary N) is 1. The Bertz CT molecular complexity index is 1040. The quantitative estimate of drug-likeness (QED) is 0.760. The fraction of sp³-hybridized carbons (Fsp3) is 0.0526. The van der Waals surface area contributed by atoms with Gasteiger partial charge in [-0.15, -0.1) is 0 Å². The molecule has 0 saturated carbocycles. The van der Waals surface area contributed by atoms with E-state index in [-0.39, 0.29) is 17.0 Å². The molecule has 5 heteroatoms. The number of benzene rings is 2. The Morgan fingerprint density at radius 3 is 2.67 bits per heavy atom. The molecule has 0 spiro atoms. The predicted molar refractivity (Wildman–Crippen MR) is 95.3 cm³/mol. The molecule has 0 bridgehead atoms. The van der Waals surface area contributed by atoms with Crippen molar-refractivity contribution in [2.45, 2.75) is 6.92 Å². The lowest BCUT2D eigenvalue weighted by atomic mass is 10.1. The maximum absolute atomic E-state index is 12.3. The maximum Gasteiger partial charge on any atom is 0.275 e. The summed E-state index contributed by atoms with van der Waals surface area (Å²) in [6, 6.07) is 15.2. The molecule has 3 aromatic rings. The molecule has 2 aromatic carbocycles. The minimum Gasteiger partial charge on any atom is -0.493 e. The van der Waals surface area contributed by atoms with Gasteiger partial charge in [-0.3, -0.25) is 14.9 Å². The summed E-state index contributed by atoms with van der Waals surface area (Å²) < 4.78 is 1.38. The van der Waals surface area contributed by atoms with Crippen LogP contribution >= 0.6 is 0 Å². The van der Waals surface area contributed by atoms with Gasteiger partial charge in [0.25, 0.3) is 5.56 Å². The second-order valence-electron chi connectivity index (χ2n) is 5.72. The van der Waals surface area contributed by atoms with Gasteiger partial charge < -0.3 is 5.11 Å². The molecule has 0 amide bonds. The van der Waals surface area contributed by atoms with Crippen molar-refractivity contribution in [2.75, 3.05) is 0 Å². The highest BCUT2D eigenvalue weighted by Gasteiger charge is 2.17. The van der Waals surface area contributed by atoms with Crippen LogP contribution in [0.5, 0.6) is 5.88 Å². The van der Waals surface area contributed by atoms with Gasteiger partial charge >= 0.3 is 0 Å². The first-order valence-electron chi connectivity index (χ1n) is 7.60. The first-order chi connectivity index (χ1) is 11.6. The van der Waals surface area contributed by atoms with Gasteiger partial charge in [-0.2, -0.15) is 0 Å². The zero-order chi connectivity index (χ0) is 16.7. The molecule has 0 saturated heterocycles. The van der Waals surface area contributed by atoms with Crippen molar-refractivity contribution in [3.05, 3.63) is 75.6 Å². The van der Waals surface area contributed by atoms with Crippen LogP contribution in [0.3, 0.4) is 0 Å². The number of allylic oxidation sites excluding steroid dienone is 1. The highest BCUT2D eigenvalue weighted by atomic mass is 16.3. The van der Waals surface area contributed by atoms with Crippen molar-refractivity contribution in [3.8, 4) is 11.6 Å².